The first kappa shape index (κ1) is 6.76. The molecule has 0 aliphatic carbocycles. The molecule has 5 heteroatoms. The maximum atomic E-state index is 10.1. The Bertz CT molecular complexity index is 242. The van der Waals surface area contributed by atoms with Gasteiger partial charge in [-0.1, -0.05) is 0 Å². The molecule has 10 heavy (non-hydrogen) atoms. The van der Waals surface area contributed by atoms with Crippen LogP contribution in [-0.4, -0.2) is 4.92 Å². The van der Waals surface area contributed by atoms with Gasteiger partial charge in [-0.15, -0.1) is 0 Å². The molecule has 0 saturated heterocycles. The molecule has 5 nitrogen and oxygen atoms in total. The third-order valence-electron chi connectivity index (χ3n) is 0.987. The van der Waals surface area contributed by atoms with E-state index in [0.717, 1.165) is 12.3 Å². The van der Waals surface area contributed by atoms with Gasteiger partial charge in [-0.25, -0.2) is 5.11 Å². The van der Waals surface area contributed by atoms with Crippen molar-refractivity contribution >= 4 is 5.88 Å². The van der Waals surface area contributed by atoms with Crippen LogP contribution < -0.4 is 0 Å². The molecule has 0 N–H and O–H groups in total. The van der Waals surface area contributed by atoms with Crippen LogP contribution in [0.1, 0.15) is 5.56 Å². The molecule has 0 aliphatic rings. The lowest BCUT2D eigenvalue weighted by Crippen LogP contribution is -1.82. The molecular formula is C5H4NO4. The molecule has 53 valence electrons. The van der Waals surface area contributed by atoms with Crippen LogP contribution in [0.5, 0.6) is 0 Å². The fraction of sp³-hybridized carbons (Fsp3) is 0.200. The monoisotopic (exact) mass is 142 g/mol. The van der Waals surface area contributed by atoms with Crippen molar-refractivity contribution < 1.29 is 14.4 Å². The number of rotatable bonds is 2. The molecule has 0 atom stereocenters. The number of hydrogen-bond donors (Lipinski definition) is 0. The molecule has 1 radical (unpaired) electrons. The van der Waals surface area contributed by atoms with Crippen molar-refractivity contribution in [2.24, 2.45) is 0 Å². The number of nitrogens with zero attached hydrogens (tertiary/aromatic N) is 1. The normalized spacial score (nSPS) is 9.70. The minimum absolute atomic E-state index is 0.298. The van der Waals surface area contributed by atoms with Crippen LogP contribution in [0, 0.1) is 10.1 Å². The lowest BCUT2D eigenvalue weighted by Gasteiger charge is -1.77. The molecule has 0 saturated carbocycles. The molecule has 0 amide bonds. The van der Waals surface area contributed by atoms with Crippen molar-refractivity contribution in [2.45, 2.75) is 6.61 Å². The largest absolute Gasteiger partial charge is 0.433 e. The molecule has 0 aliphatic heterocycles. The van der Waals surface area contributed by atoms with E-state index in [1.165, 1.54) is 0 Å². The molecule has 0 aromatic carbocycles. The van der Waals surface area contributed by atoms with Crippen LogP contribution >= 0.6 is 0 Å². The van der Waals surface area contributed by atoms with Gasteiger partial charge in [-0.05, 0) is 0 Å². The molecule has 1 heterocycles. The fourth-order valence-electron chi connectivity index (χ4n) is 0.534. The van der Waals surface area contributed by atoms with Gasteiger partial charge >= 0.3 is 5.88 Å². The lowest BCUT2D eigenvalue weighted by molar-refractivity contribution is -0.402. The summed E-state index contributed by atoms with van der Waals surface area (Å²) in [6, 6.07) is 1.12. The zero-order chi connectivity index (χ0) is 7.56. The lowest BCUT2D eigenvalue weighted by atomic mass is 10.4. The van der Waals surface area contributed by atoms with Gasteiger partial charge in [-0.2, -0.15) is 0 Å². The van der Waals surface area contributed by atoms with Crippen molar-refractivity contribution in [3.05, 3.63) is 28.0 Å². The Morgan fingerprint density at radius 3 is 2.70 bits per heavy atom. The summed E-state index contributed by atoms with van der Waals surface area (Å²) in [6.07, 6.45) is 1.09. The summed E-state index contributed by atoms with van der Waals surface area (Å²) < 4.78 is 4.42. The van der Waals surface area contributed by atoms with E-state index < -0.39 is 11.5 Å². The van der Waals surface area contributed by atoms with Gasteiger partial charge in [-0.3, -0.25) is 10.1 Å². The molecule has 0 spiro atoms. The minimum atomic E-state index is -0.681. The van der Waals surface area contributed by atoms with Crippen LogP contribution in [0.4, 0.5) is 5.88 Å². The number of furan rings is 1. The Morgan fingerprint density at radius 1 is 1.70 bits per heavy atom. The quantitative estimate of drug-likeness (QED) is 0.458. The molecule has 0 unspecified atom stereocenters. The van der Waals surface area contributed by atoms with Crippen LogP contribution in [-0.2, 0) is 11.7 Å². The number of nitro groups is 1. The molecule has 1 aromatic rings. The Morgan fingerprint density at radius 2 is 2.40 bits per heavy atom. The highest BCUT2D eigenvalue weighted by Gasteiger charge is 2.10. The predicted octanol–water partition coefficient (Wildman–Crippen LogP) is 1.12. The second kappa shape index (κ2) is 2.49. The molecule has 0 bridgehead atoms. The van der Waals surface area contributed by atoms with Gasteiger partial charge < -0.3 is 4.42 Å². The summed E-state index contributed by atoms with van der Waals surface area (Å²) in [5.74, 6) is -0.383. The summed E-state index contributed by atoms with van der Waals surface area (Å²) in [4.78, 5) is 9.26. The van der Waals surface area contributed by atoms with Crippen LogP contribution in [0.3, 0.4) is 0 Å². The average Bonchev–Trinajstić information content (AvgIpc) is 2.34. The minimum Gasteiger partial charge on any atom is -0.409 e. The Kier molecular flexibility index (Phi) is 1.68. The zero-order valence-corrected chi connectivity index (χ0v) is 4.94. The van der Waals surface area contributed by atoms with Crippen molar-refractivity contribution in [3.63, 3.8) is 0 Å². The predicted molar refractivity (Wildman–Crippen MR) is 29.8 cm³/mol. The third kappa shape index (κ3) is 1.14. The molecule has 1 rings (SSSR count). The highest BCUT2D eigenvalue weighted by Crippen LogP contribution is 2.14. The molecule has 0 fully saturated rings. The topological polar surface area (TPSA) is 76.2 Å². The van der Waals surface area contributed by atoms with E-state index in [4.69, 9.17) is 0 Å². The van der Waals surface area contributed by atoms with Crippen molar-refractivity contribution in [1.29, 1.82) is 0 Å². The van der Waals surface area contributed by atoms with E-state index in [9.17, 15) is 15.2 Å². The van der Waals surface area contributed by atoms with E-state index >= 15 is 0 Å². The summed E-state index contributed by atoms with van der Waals surface area (Å²) in [7, 11) is 0. The van der Waals surface area contributed by atoms with Crippen LogP contribution in [0.25, 0.3) is 0 Å². The first-order valence-corrected chi connectivity index (χ1v) is 2.54. The SMILES string of the molecule is [O]Cc1coc([N+](=O)[O-])c1. The van der Waals surface area contributed by atoms with Gasteiger partial charge in [0.05, 0.1) is 6.07 Å². The average molecular weight is 142 g/mol. The number of hydrogen-bond acceptors (Lipinski definition) is 3. The smallest absolute Gasteiger partial charge is 0.409 e. The van der Waals surface area contributed by atoms with Gasteiger partial charge in [0.25, 0.3) is 0 Å². The van der Waals surface area contributed by atoms with E-state index in [1.807, 2.05) is 0 Å². The Balaban J connectivity index is 2.88. The second-order valence-electron chi connectivity index (χ2n) is 1.69. The van der Waals surface area contributed by atoms with Crippen molar-refractivity contribution in [2.75, 3.05) is 0 Å². The van der Waals surface area contributed by atoms with Gasteiger partial charge in [0.1, 0.15) is 17.8 Å². The standard InChI is InChI=1S/C5H4NO4/c7-2-4-1-5(6(8)9)10-3-4/h1,3H,2H2. The van der Waals surface area contributed by atoms with Gasteiger partial charge in [0.15, 0.2) is 0 Å². The summed E-state index contributed by atoms with van der Waals surface area (Å²) in [5, 5.41) is 20.0. The Hall–Kier alpha value is -1.36. The third-order valence-corrected chi connectivity index (χ3v) is 0.987. The Labute approximate surface area is 56.0 Å². The van der Waals surface area contributed by atoms with E-state index in [1.54, 1.807) is 0 Å². The maximum Gasteiger partial charge on any atom is 0.433 e. The fourth-order valence-corrected chi connectivity index (χ4v) is 0.534. The van der Waals surface area contributed by atoms with E-state index in [0.29, 0.717) is 5.56 Å². The first-order valence-electron chi connectivity index (χ1n) is 2.54. The van der Waals surface area contributed by atoms with Gasteiger partial charge in [0, 0.05) is 5.56 Å². The first-order chi connectivity index (χ1) is 4.74. The van der Waals surface area contributed by atoms with Crippen molar-refractivity contribution in [3.8, 4) is 0 Å². The van der Waals surface area contributed by atoms with Crippen LogP contribution in [0.2, 0.25) is 0 Å². The summed E-state index contributed by atoms with van der Waals surface area (Å²) in [6.45, 7) is -0.489. The van der Waals surface area contributed by atoms with E-state index in [-0.39, 0.29) is 5.88 Å². The summed E-state index contributed by atoms with van der Waals surface area (Å²) >= 11 is 0. The summed E-state index contributed by atoms with van der Waals surface area (Å²) in [5.41, 5.74) is 0.298. The highest BCUT2D eigenvalue weighted by molar-refractivity contribution is 5.21. The second-order valence-corrected chi connectivity index (χ2v) is 1.69. The van der Waals surface area contributed by atoms with Crippen LogP contribution in [0.15, 0.2) is 16.7 Å². The zero-order valence-electron chi connectivity index (χ0n) is 4.94. The van der Waals surface area contributed by atoms with E-state index in [2.05, 4.69) is 4.42 Å². The van der Waals surface area contributed by atoms with Crippen molar-refractivity contribution in [1.82, 2.24) is 0 Å². The highest BCUT2D eigenvalue weighted by atomic mass is 16.6. The molecular weight excluding hydrogens is 138 g/mol. The van der Waals surface area contributed by atoms with Gasteiger partial charge in [0.2, 0.25) is 0 Å². The molecule has 1 aromatic heterocycles. The maximum absolute atomic E-state index is 10.1.